The molecule has 198 valence electrons. The first-order chi connectivity index (χ1) is 18.4. The number of aryl methyl sites for hydroxylation is 1. The molecular weight excluding hydrogens is 496 g/mol. The summed E-state index contributed by atoms with van der Waals surface area (Å²) in [6.45, 7) is 2.09. The molecule has 0 unspecified atom stereocenters. The van der Waals surface area contributed by atoms with Gasteiger partial charge in [0.2, 0.25) is 5.95 Å². The highest BCUT2D eigenvalue weighted by Gasteiger charge is 2.21. The molecule has 1 saturated heterocycles. The summed E-state index contributed by atoms with van der Waals surface area (Å²) in [5.41, 5.74) is 4.29. The smallest absolute Gasteiger partial charge is 0.387 e. The Kier molecular flexibility index (Phi) is 7.40. The first kappa shape index (κ1) is 25.5. The number of fused-ring (bicyclic) bond motifs is 1. The number of aromatic nitrogens is 5. The van der Waals surface area contributed by atoms with Crippen molar-refractivity contribution in [2.45, 2.75) is 20.0 Å². The fourth-order valence-electron chi connectivity index (χ4n) is 4.49. The minimum absolute atomic E-state index is 0.140. The highest BCUT2D eigenvalue weighted by atomic mass is 19.3. The van der Waals surface area contributed by atoms with Crippen molar-refractivity contribution in [3.05, 3.63) is 66.0 Å². The van der Waals surface area contributed by atoms with Crippen molar-refractivity contribution in [1.29, 1.82) is 0 Å². The van der Waals surface area contributed by atoms with Crippen LogP contribution in [0.3, 0.4) is 0 Å². The van der Waals surface area contributed by atoms with E-state index in [2.05, 4.69) is 24.8 Å². The number of imidazole rings is 1. The zero-order valence-electron chi connectivity index (χ0n) is 21.0. The van der Waals surface area contributed by atoms with Crippen LogP contribution in [0.2, 0.25) is 0 Å². The van der Waals surface area contributed by atoms with Crippen LogP contribution in [0, 0.1) is 6.92 Å². The number of para-hydroxylation sites is 1. The van der Waals surface area contributed by atoms with Gasteiger partial charge in [-0.15, -0.1) is 0 Å². The lowest BCUT2D eigenvalue weighted by Crippen LogP contribution is -2.48. The number of carbonyl (C=O) groups is 1. The summed E-state index contributed by atoms with van der Waals surface area (Å²) in [4.78, 5) is 33.8. The number of piperazine rings is 1. The van der Waals surface area contributed by atoms with E-state index in [4.69, 9.17) is 9.47 Å². The van der Waals surface area contributed by atoms with Crippen molar-refractivity contribution in [2.75, 3.05) is 44.7 Å². The predicted molar refractivity (Wildman–Crippen MR) is 135 cm³/mol. The van der Waals surface area contributed by atoms with Crippen LogP contribution in [-0.4, -0.2) is 81.7 Å². The van der Waals surface area contributed by atoms with Gasteiger partial charge in [-0.05, 0) is 13.0 Å². The maximum absolute atomic E-state index is 12.9. The lowest BCUT2D eigenvalue weighted by atomic mass is 10.1. The van der Waals surface area contributed by atoms with Crippen LogP contribution in [0.15, 0.2) is 49.1 Å². The number of halogens is 2. The van der Waals surface area contributed by atoms with Crippen LogP contribution < -0.4 is 9.64 Å². The van der Waals surface area contributed by atoms with Gasteiger partial charge >= 0.3 is 12.6 Å². The normalized spacial score (nSPS) is 14.3. The second kappa shape index (κ2) is 11.1. The van der Waals surface area contributed by atoms with E-state index in [0.29, 0.717) is 55.5 Å². The van der Waals surface area contributed by atoms with Crippen molar-refractivity contribution in [1.82, 2.24) is 29.2 Å². The molecule has 38 heavy (non-hydrogen) atoms. The molecule has 5 rings (SSSR count). The lowest BCUT2D eigenvalue weighted by Gasteiger charge is -2.33. The molecule has 0 aliphatic carbocycles. The molecule has 0 N–H and O–H groups in total. The number of esters is 1. The van der Waals surface area contributed by atoms with Crippen molar-refractivity contribution in [3.63, 3.8) is 0 Å². The first-order valence-electron chi connectivity index (χ1n) is 12.1. The first-order valence-corrected chi connectivity index (χ1v) is 12.1. The molecule has 12 heteroatoms. The van der Waals surface area contributed by atoms with Gasteiger partial charge in [-0.3, -0.25) is 19.1 Å². The minimum atomic E-state index is -2.90. The fourth-order valence-corrected chi connectivity index (χ4v) is 4.49. The van der Waals surface area contributed by atoms with Gasteiger partial charge in [-0.25, -0.2) is 15.0 Å². The van der Waals surface area contributed by atoms with Crippen LogP contribution in [0.1, 0.15) is 17.0 Å². The highest BCUT2D eigenvalue weighted by molar-refractivity contribution is 5.71. The standard InChI is InChI=1S/C26H27F2N7O3/c1-17-21(11-18-5-3-4-6-22(18)38-25(27)28)35-15-20(29-14-23(35)32-17)19-12-30-26(31-13-19)34-9-7-33(8-10-34)16-24(36)37-2/h3-6,12-15,25H,7-11,16H2,1-2H3. The third-order valence-electron chi connectivity index (χ3n) is 6.52. The summed E-state index contributed by atoms with van der Waals surface area (Å²) in [7, 11) is 1.39. The Bertz CT molecular complexity index is 1420. The molecule has 1 aliphatic rings. The number of nitrogens with zero attached hydrogens (tertiary/aromatic N) is 7. The van der Waals surface area contributed by atoms with E-state index >= 15 is 0 Å². The van der Waals surface area contributed by atoms with E-state index in [0.717, 1.165) is 17.0 Å². The molecule has 10 nitrogen and oxygen atoms in total. The lowest BCUT2D eigenvalue weighted by molar-refractivity contribution is -0.142. The molecule has 3 aromatic heterocycles. The Labute approximate surface area is 217 Å². The van der Waals surface area contributed by atoms with Gasteiger partial charge in [0.05, 0.1) is 36.9 Å². The molecule has 1 aliphatic heterocycles. The Morgan fingerprint density at radius 3 is 2.50 bits per heavy atom. The van der Waals surface area contributed by atoms with Crippen LogP contribution >= 0.6 is 0 Å². The van der Waals surface area contributed by atoms with E-state index in [1.54, 1.807) is 36.8 Å². The molecule has 0 spiro atoms. The molecule has 0 atom stereocenters. The summed E-state index contributed by atoms with van der Waals surface area (Å²) in [5.74, 6) is 0.508. The highest BCUT2D eigenvalue weighted by Crippen LogP contribution is 2.26. The zero-order chi connectivity index (χ0) is 26.6. The molecule has 0 amide bonds. The average molecular weight is 524 g/mol. The number of methoxy groups -OCH3 is 1. The van der Waals surface area contributed by atoms with Gasteiger partial charge in [-0.2, -0.15) is 8.78 Å². The summed E-state index contributed by atoms with van der Waals surface area (Å²) in [6.07, 6.45) is 7.34. The molecule has 1 fully saturated rings. The third kappa shape index (κ3) is 5.54. The van der Waals surface area contributed by atoms with Crippen molar-refractivity contribution in [2.24, 2.45) is 0 Å². The molecule has 0 saturated carbocycles. The van der Waals surface area contributed by atoms with Gasteiger partial charge in [-0.1, -0.05) is 18.2 Å². The number of ether oxygens (including phenoxy) is 2. The van der Waals surface area contributed by atoms with Crippen molar-refractivity contribution >= 4 is 17.6 Å². The predicted octanol–water partition coefficient (Wildman–Crippen LogP) is 2.98. The topological polar surface area (TPSA) is 98.0 Å². The van der Waals surface area contributed by atoms with Crippen LogP contribution in [0.4, 0.5) is 14.7 Å². The van der Waals surface area contributed by atoms with E-state index in [1.165, 1.54) is 13.2 Å². The quantitative estimate of drug-likeness (QED) is 0.323. The van der Waals surface area contributed by atoms with Gasteiger partial charge < -0.3 is 14.4 Å². The number of hydrogen-bond acceptors (Lipinski definition) is 9. The van der Waals surface area contributed by atoms with Crippen LogP contribution in [0.5, 0.6) is 5.75 Å². The Morgan fingerprint density at radius 2 is 1.79 bits per heavy atom. The number of alkyl halides is 2. The summed E-state index contributed by atoms with van der Waals surface area (Å²) < 4.78 is 37.1. The van der Waals surface area contributed by atoms with Gasteiger partial charge in [0.25, 0.3) is 0 Å². The maximum atomic E-state index is 12.9. The Balaban J connectivity index is 1.34. The number of carbonyl (C=O) groups excluding carboxylic acids is 1. The van der Waals surface area contributed by atoms with Crippen LogP contribution in [-0.2, 0) is 16.0 Å². The van der Waals surface area contributed by atoms with Gasteiger partial charge in [0.1, 0.15) is 5.75 Å². The summed E-state index contributed by atoms with van der Waals surface area (Å²) in [5, 5.41) is 0. The van der Waals surface area contributed by atoms with E-state index in [1.807, 2.05) is 22.4 Å². The van der Waals surface area contributed by atoms with Crippen LogP contribution in [0.25, 0.3) is 16.9 Å². The third-order valence-corrected chi connectivity index (χ3v) is 6.52. The summed E-state index contributed by atoms with van der Waals surface area (Å²) in [6, 6.07) is 6.75. The SMILES string of the molecule is COC(=O)CN1CCN(c2ncc(-c3cn4c(Cc5ccccc5OC(F)F)c(C)nc4cn3)cn2)CC1. The second-order valence-electron chi connectivity index (χ2n) is 8.92. The molecule has 4 heterocycles. The Hall–Kier alpha value is -4.19. The number of benzene rings is 1. The van der Waals surface area contributed by atoms with Gasteiger partial charge in [0, 0.05) is 62.3 Å². The molecular formula is C26H27F2N7O3. The zero-order valence-corrected chi connectivity index (χ0v) is 21.0. The number of rotatable bonds is 8. The van der Waals surface area contributed by atoms with E-state index in [9.17, 15) is 13.6 Å². The fraction of sp³-hybridized carbons (Fsp3) is 0.346. The maximum Gasteiger partial charge on any atom is 0.387 e. The molecule has 1 aromatic carbocycles. The Morgan fingerprint density at radius 1 is 1.05 bits per heavy atom. The van der Waals surface area contributed by atoms with E-state index in [-0.39, 0.29) is 18.3 Å². The molecule has 4 aromatic rings. The molecule has 0 bridgehead atoms. The average Bonchev–Trinajstić information content (AvgIpc) is 3.24. The number of hydrogen-bond donors (Lipinski definition) is 0. The monoisotopic (exact) mass is 523 g/mol. The largest absolute Gasteiger partial charge is 0.468 e. The summed E-state index contributed by atoms with van der Waals surface area (Å²) >= 11 is 0. The van der Waals surface area contributed by atoms with Gasteiger partial charge in [0.15, 0.2) is 5.65 Å². The minimum Gasteiger partial charge on any atom is -0.468 e. The number of anilines is 1. The van der Waals surface area contributed by atoms with Crippen molar-refractivity contribution in [3.8, 4) is 17.0 Å². The molecule has 0 radical (unpaired) electrons. The second-order valence-corrected chi connectivity index (χ2v) is 8.92. The van der Waals surface area contributed by atoms with Crippen molar-refractivity contribution < 1.29 is 23.0 Å². The van der Waals surface area contributed by atoms with E-state index < -0.39 is 6.61 Å².